The van der Waals surface area contributed by atoms with Crippen molar-refractivity contribution in [1.82, 2.24) is 14.6 Å². The fraction of sp³-hybridized carbons (Fsp3) is 0.542. The van der Waals surface area contributed by atoms with E-state index in [1.165, 1.54) is 17.6 Å². The summed E-state index contributed by atoms with van der Waals surface area (Å²) in [6, 6.07) is 9.06. The Morgan fingerprint density at radius 3 is 2.59 bits per heavy atom. The highest BCUT2D eigenvalue weighted by atomic mass is 32.1. The van der Waals surface area contributed by atoms with Gasteiger partial charge in [-0.3, -0.25) is 13.9 Å². The third kappa shape index (κ3) is 7.81. The third-order valence-electron chi connectivity index (χ3n) is 5.97. The van der Waals surface area contributed by atoms with Crippen molar-refractivity contribution in [3.63, 3.8) is 0 Å². The second-order valence-electron chi connectivity index (χ2n) is 9.18. The second-order valence-corrected chi connectivity index (χ2v) is 11.3. The summed E-state index contributed by atoms with van der Waals surface area (Å²) in [6.07, 6.45) is 0.706. The Bertz CT molecular complexity index is 1150. The van der Waals surface area contributed by atoms with Gasteiger partial charge in [0.2, 0.25) is 0 Å². The monoisotopic (exact) mass is 554 g/mol. The predicted octanol–water partition coefficient (Wildman–Crippen LogP) is 3.43. The molecular weight excluding hydrogens is 519 g/mol. The average Bonchev–Trinajstić information content (AvgIpc) is 3.13. The average molecular weight is 555 g/mol. The molecule has 2 heterocycles. The van der Waals surface area contributed by atoms with E-state index in [1.54, 1.807) is 50.4 Å². The summed E-state index contributed by atoms with van der Waals surface area (Å²) in [5.74, 6) is 0.227. The van der Waals surface area contributed by atoms with E-state index in [0.29, 0.717) is 17.9 Å². The molecule has 37 heavy (non-hydrogen) atoms. The first-order valence-electron chi connectivity index (χ1n) is 12.1. The first-order valence-corrected chi connectivity index (χ1v) is 14.3. The SMILES string of the molecule is CC(C)OC(=O)[C@H](C)NP(=O)(OC[C@H]1O[C@@H](n2ccc(N)nc2=O)[C@@H](CCS)C1C)Oc1ccccc1. The molecule has 1 aliphatic heterocycles. The molecule has 204 valence electrons. The summed E-state index contributed by atoms with van der Waals surface area (Å²) in [5.41, 5.74) is 5.11. The van der Waals surface area contributed by atoms with Crippen LogP contribution < -0.4 is 21.0 Å². The van der Waals surface area contributed by atoms with Crippen LogP contribution in [0.2, 0.25) is 0 Å². The first-order chi connectivity index (χ1) is 17.5. The highest BCUT2D eigenvalue weighted by Gasteiger charge is 2.44. The number of aromatic nitrogens is 2. The van der Waals surface area contributed by atoms with Crippen LogP contribution in [0.4, 0.5) is 5.82 Å². The molecule has 2 aromatic rings. The molecule has 13 heteroatoms. The Morgan fingerprint density at radius 2 is 1.97 bits per heavy atom. The number of hydrogen-bond donors (Lipinski definition) is 3. The number of nitrogens with zero attached hydrogens (tertiary/aromatic N) is 2. The number of rotatable bonds is 12. The van der Waals surface area contributed by atoms with Gasteiger partial charge < -0.3 is 19.7 Å². The fourth-order valence-electron chi connectivity index (χ4n) is 4.08. The van der Waals surface area contributed by atoms with Gasteiger partial charge in [-0.05, 0) is 57.1 Å². The number of ether oxygens (including phenoxy) is 2. The largest absolute Gasteiger partial charge is 0.462 e. The molecule has 1 fully saturated rings. The number of carbonyl (C=O) groups is 1. The minimum Gasteiger partial charge on any atom is -0.462 e. The Balaban J connectivity index is 1.79. The summed E-state index contributed by atoms with van der Waals surface area (Å²) >= 11 is 4.37. The zero-order chi connectivity index (χ0) is 27.2. The number of esters is 1. The topological polar surface area (TPSA) is 144 Å². The van der Waals surface area contributed by atoms with Crippen LogP contribution in [0.3, 0.4) is 0 Å². The number of anilines is 1. The van der Waals surface area contributed by atoms with Crippen LogP contribution in [-0.2, 0) is 23.4 Å². The lowest BCUT2D eigenvalue weighted by Gasteiger charge is -2.25. The third-order valence-corrected chi connectivity index (χ3v) is 7.87. The van der Waals surface area contributed by atoms with Crippen molar-refractivity contribution in [2.24, 2.45) is 11.8 Å². The molecule has 1 aliphatic rings. The fourth-order valence-corrected chi connectivity index (χ4v) is 5.88. The molecule has 0 bridgehead atoms. The maximum Gasteiger partial charge on any atom is 0.459 e. The van der Waals surface area contributed by atoms with Crippen LogP contribution in [-0.4, -0.2) is 46.1 Å². The van der Waals surface area contributed by atoms with E-state index >= 15 is 0 Å². The molecule has 0 saturated carbocycles. The molecule has 2 unspecified atom stereocenters. The van der Waals surface area contributed by atoms with Crippen molar-refractivity contribution in [3.8, 4) is 5.75 Å². The highest BCUT2D eigenvalue weighted by molar-refractivity contribution is 7.80. The van der Waals surface area contributed by atoms with Gasteiger partial charge in [0.25, 0.3) is 0 Å². The molecule has 3 rings (SSSR count). The Hall–Kier alpha value is -2.37. The van der Waals surface area contributed by atoms with Crippen molar-refractivity contribution in [3.05, 3.63) is 53.1 Å². The molecule has 0 aliphatic carbocycles. The van der Waals surface area contributed by atoms with Gasteiger partial charge in [0.05, 0.1) is 18.8 Å². The van der Waals surface area contributed by atoms with Crippen molar-refractivity contribution in [2.75, 3.05) is 18.1 Å². The van der Waals surface area contributed by atoms with Crippen LogP contribution >= 0.6 is 20.4 Å². The normalized spacial score (nSPS) is 23.9. The quantitative estimate of drug-likeness (QED) is 0.203. The number of benzene rings is 1. The maximum absolute atomic E-state index is 13.8. The Morgan fingerprint density at radius 1 is 1.27 bits per heavy atom. The molecule has 1 aromatic heterocycles. The number of hydrogen-bond acceptors (Lipinski definition) is 10. The van der Waals surface area contributed by atoms with Crippen LogP contribution in [0.15, 0.2) is 47.4 Å². The van der Waals surface area contributed by atoms with Gasteiger partial charge in [-0.1, -0.05) is 25.1 Å². The van der Waals surface area contributed by atoms with Gasteiger partial charge in [-0.25, -0.2) is 9.36 Å². The van der Waals surface area contributed by atoms with E-state index in [1.807, 2.05) is 6.92 Å². The lowest BCUT2D eigenvalue weighted by Crippen LogP contribution is -2.37. The lowest BCUT2D eigenvalue weighted by molar-refractivity contribution is -0.149. The van der Waals surface area contributed by atoms with Gasteiger partial charge in [0.15, 0.2) is 0 Å². The number of nitrogens with two attached hydrogens (primary N) is 1. The van der Waals surface area contributed by atoms with Gasteiger partial charge >= 0.3 is 19.4 Å². The molecule has 0 radical (unpaired) electrons. The summed E-state index contributed by atoms with van der Waals surface area (Å²) in [7, 11) is -4.06. The summed E-state index contributed by atoms with van der Waals surface area (Å²) < 4.78 is 38.1. The molecule has 0 spiro atoms. The minimum atomic E-state index is -4.06. The number of thiol groups is 1. The van der Waals surface area contributed by atoms with Crippen LogP contribution in [0, 0.1) is 11.8 Å². The molecule has 11 nitrogen and oxygen atoms in total. The summed E-state index contributed by atoms with van der Waals surface area (Å²) in [4.78, 5) is 28.7. The van der Waals surface area contributed by atoms with Crippen molar-refractivity contribution in [2.45, 2.75) is 58.6 Å². The van der Waals surface area contributed by atoms with Crippen molar-refractivity contribution in [1.29, 1.82) is 0 Å². The molecule has 1 saturated heterocycles. The maximum atomic E-state index is 13.8. The molecule has 6 atom stereocenters. The van der Waals surface area contributed by atoms with E-state index in [4.69, 9.17) is 24.3 Å². The van der Waals surface area contributed by atoms with E-state index in [9.17, 15) is 14.2 Å². The lowest BCUT2D eigenvalue weighted by atomic mass is 9.89. The van der Waals surface area contributed by atoms with E-state index in [-0.39, 0.29) is 30.4 Å². The zero-order valence-corrected chi connectivity index (χ0v) is 23.1. The van der Waals surface area contributed by atoms with Crippen molar-refractivity contribution >= 4 is 32.2 Å². The standard InChI is InChI=1S/C24H35N4O7PS/c1-15(2)33-23(29)17(4)27-36(31,35-18-8-6-5-7-9-18)32-14-20-16(3)19(11-13-37)22(34-20)28-12-10-21(25)26-24(28)30/h5-10,12,15-17,19-20,22,37H,11,13-14H2,1-4H3,(H,27,31)(H2,25,26,30)/t16?,17-,19-,20+,22+,36?/m0/s1. The van der Waals surface area contributed by atoms with Gasteiger partial charge in [0.1, 0.15) is 23.8 Å². The van der Waals surface area contributed by atoms with E-state index < -0.39 is 37.8 Å². The molecular formula is C24H35N4O7PS. The first kappa shape index (κ1) is 29.2. The molecule has 1 aromatic carbocycles. The van der Waals surface area contributed by atoms with E-state index in [0.717, 1.165) is 0 Å². The highest BCUT2D eigenvalue weighted by Crippen LogP contribution is 2.47. The molecule has 0 amide bonds. The van der Waals surface area contributed by atoms with Crippen molar-refractivity contribution < 1.29 is 27.9 Å². The predicted molar refractivity (Wildman–Crippen MR) is 142 cm³/mol. The number of nitrogens with one attached hydrogen (secondary N) is 1. The number of para-hydroxylation sites is 1. The minimum absolute atomic E-state index is 0.0865. The van der Waals surface area contributed by atoms with E-state index in [2.05, 4.69) is 22.7 Å². The zero-order valence-electron chi connectivity index (χ0n) is 21.4. The Labute approximate surface area is 222 Å². The van der Waals surface area contributed by atoms with Crippen LogP contribution in [0.1, 0.15) is 40.3 Å². The van der Waals surface area contributed by atoms with Gasteiger partial charge in [-0.2, -0.15) is 22.7 Å². The summed E-state index contributed by atoms with van der Waals surface area (Å²) in [6.45, 7) is 6.81. The molecule has 3 N–H and O–H groups in total. The number of carbonyl (C=O) groups excluding carboxylic acids is 1. The van der Waals surface area contributed by atoms with Crippen LogP contribution in [0.25, 0.3) is 0 Å². The second kappa shape index (κ2) is 12.9. The van der Waals surface area contributed by atoms with Crippen LogP contribution in [0.5, 0.6) is 5.75 Å². The van der Waals surface area contributed by atoms with Gasteiger partial charge in [-0.15, -0.1) is 0 Å². The summed E-state index contributed by atoms with van der Waals surface area (Å²) in [5, 5.41) is 2.67. The van der Waals surface area contributed by atoms with Gasteiger partial charge in [0, 0.05) is 12.1 Å². The number of nitrogen functional groups attached to an aromatic ring is 1. The smallest absolute Gasteiger partial charge is 0.459 e. The Kier molecular flexibility index (Phi) is 10.2.